The lowest BCUT2D eigenvalue weighted by Crippen LogP contribution is -2.17. The molecule has 0 aliphatic heterocycles. The molecule has 0 amide bonds. The third kappa shape index (κ3) is 3.27. The average Bonchev–Trinajstić information content (AvgIpc) is 3.05. The van der Waals surface area contributed by atoms with Gasteiger partial charge in [0.1, 0.15) is 17.3 Å². The molecule has 0 radical (unpaired) electrons. The summed E-state index contributed by atoms with van der Waals surface area (Å²) in [6.07, 6.45) is 8.43. The van der Waals surface area contributed by atoms with E-state index in [0.717, 1.165) is 18.0 Å². The lowest BCUT2D eigenvalue weighted by molar-refractivity contribution is 0.266. The molecule has 0 bridgehead atoms. The molecule has 0 spiro atoms. The van der Waals surface area contributed by atoms with Gasteiger partial charge in [-0.1, -0.05) is 31.4 Å². The second-order valence-corrected chi connectivity index (χ2v) is 7.50. The highest BCUT2D eigenvalue weighted by molar-refractivity contribution is 6.30. The molecule has 132 valence electrons. The van der Waals surface area contributed by atoms with Crippen molar-refractivity contribution >= 4 is 22.8 Å². The number of imidazole rings is 1. The summed E-state index contributed by atoms with van der Waals surface area (Å²) in [5, 5.41) is 9.84. The Morgan fingerprint density at radius 2 is 2.04 bits per heavy atom. The van der Waals surface area contributed by atoms with Crippen molar-refractivity contribution in [2.75, 3.05) is 0 Å². The van der Waals surface area contributed by atoms with Crippen molar-refractivity contribution in [3.8, 4) is 17.5 Å². The number of nitrogens with zero attached hydrogens (tertiary/aromatic N) is 6. The van der Waals surface area contributed by atoms with Crippen molar-refractivity contribution in [1.29, 1.82) is 5.26 Å². The van der Waals surface area contributed by atoms with E-state index in [4.69, 9.17) is 11.6 Å². The summed E-state index contributed by atoms with van der Waals surface area (Å²) >= 11 is 6.13. The van der Waals surface area contributed by atoms with Gasteiger partial charge < -0.3 is 4.57 Å². The van der Waals surface area contributed by atoms with Crippen LogP contribution in [0.25, 0.3) is 22.6 Å². The molecule has 0 aromatic carbocycles. The van der Waals surface area contributed by atoms with Crippen LogP contribution in [-0.4, -0.2) is 24.5 Å². The zero-order valence-electron chi connectivity index (χ0n) is 14.6. The fraction of sp³-hybridized carbons (Fsp3) is 0.421. The standard InChI is InChI=1S/C19H19ClN6/c1-12-2-4-13(5-3-12)10-26-11-23-19-18(26)17(24-16(9-21)25-19)15-8-14(20)6-7-22-15/h6-8,11-13H,2-5,10H2,1H3. The first-order valence-electron chi connectivity index (χ1n) is 8.89. The lowest BCUT2D eigenvalue weighted by atomic mass is 9.83. The van der Waals surface area contributed by atoms with E-state index in [1.165, 1.54) is 25.7 Å². The number of fused-ring (bicyclic) bond motifs is 1. The van der Waals surface area contributed by atoms with Gasteiger partial charge in [0.05, 0.1) is 12.0 Å². The van der Waals surface area contributed by atoms with Crippen molar-refractivity contribution in [2.24, 2.45) is 11.8 Å². The molecule has 0 atom stereocenters. The molecule has 1 saturated carbocycles. The topological polar surface area (TPSA) is 80.3 Å². The zero-order chi connectivity index (χ0) is 18.1. The summed E-state index contributed by atoms with van der Waals surface area (Å²) in [7, 11) is 0. The number of nitriles is 1. The van der Waals surface area contributed by atoms with E-state index in [2.05, 4.69) is 31.4 Å². The van der Waals surface area contributed by atoms with Crippen molar-refractivity contribution < 1.29 is 0 Å². The summed E-state index contributed by atoms with van der Waals surface area (Å²) in [4.78, 5) is 17.5. The van der Waals surface area contributed by atoms with E-state index in [1.807, 2.05) is 6.07 Å². The molecule has 3 heterocycles. The lowest BCUT2D eigenvalue weighted by Gasteiger charge is -2.26. The summed E-state index contributed by atoms with van der Waals surface area (Å²) in [5.74, 6) is 1.53. The van der Waals surface area contributed by atoms with Crippen LogP contribution < -0.4 is 0 Å². The van der Waals surface area contributed by atoms with E-state index in [-0.39, 0.29) is 5.82 Å². The summed E-state index contributed by atoms with van der Waals surface area (Å²) in [6, 6.07) is 5.48. The zero-order valence-corrected chi connectivity index (χ0v) is 15.3. The van der Waals surface area contributed by atoms with Crippen molar-refractivity contribution in [3.63, 3.8) is 0 Å². The quantitative estimate of drug-likeness (QED) is 0.692. The first-order valence-corrected chi connectivity index (χ1v) is 9.26. The van der Waals surface area contributed by atoms with Crippen LogP contribution in [0, 0.1) is 23.2 Å². The minimum absolute atomic E-state index is 0.0889. The SMILES string of the molecule is CC1CCC(Cn2cnc3nc(C#N)nc(-c4cc(Cl)ccn4)c32)CC1. The molecule has 3 aromatic heterocycles. The molecule has 26 heavy (non-hydrogen) atoms. The van der Waals surface area contributed by atoms with Gasteiger partial charge in [-0.15, -0.1) is 0 Å². The van der Waals surface area contributed by atoms with E-state index in [9.17, 15) is 5.26 Å². The number of halogens is 1. The Bertz CT molecular complexity index is 981. The van der Waals surface area contributed by atoms with Gasteiger partial charge in [-0.2, -0.15) is 10.2 Å². The second-order valence-electron chi connectivity index (χ2n) is 7.06. The van der Waals surface area contributed by atoms with E-state index in [1.54, 1.807) is 24.7 Å². The number of hydrogen-bond acceptors (Lipinski definition) is 5. The molecule has 1 aliphatic carbocycles. The molecule has 4 rings (SSSR count). The Hall–Kier alpha value is -2.52. The van der Waals surface area contributed by atoms with E-state index < -0.39 is 0 Å². The number of pyridine rings is 1. The Morgan fingerprint density at radius 3 is 2.77 bits per heavy atom. The molecule has 0 N–H and O–H groups in total. The van der Waals surface area contributed by atoms with Gasteiger partial charge in [-0.3, -0.25) is 4.98 Å². The Morgan fingerprint density at radius 1 is 1.23 bits per heavy atom. The second kappa shape index (κ2) is 7.00. The van der Waals surface area contributed by atoms with Gasteiger partial charge in [0.25, 0.3) is 0 Å². The number of rotatable bonds is 3. The normalized spacial score (nSPS) is 20.2. The van der Waals surface area contributed by atoms with Crippen LogP contribution in [0.5, 0.6) is 0 Å². The van der Waals surface area contributed by atoms with Crippen molar-refractivity contribution in [3.05, 3.63) is 35.5 Å². The molecule has 1 aliphatic rings. The van der Waals surface area contributed by atoms with Gasteiger partial charge in [0, 0.05) is 17.8 Å². The predicted octanol–water partition coefficient (Wildman–Crippen LogP) is 4.24. The fourth-order valence-electron chi connectivity index (χ4n) is 3.67. The van der Waals surface area contributed by atoms with Crippen LogP contribution in [0.2, 0.25) is 5.02 Å². The highest BCUT2D eigenvalue weighted by Crippen LogP contribution is 2.31. The largest absolute Gasteiger partial charge is 0.327 e. The maximum Gasteiger partial charge on any atom is 0.235 e. The van der Waals surface area contributed by atoms with E-state index in [0.29, 0.717) is 28.0 Å². The number of hydrogen-bond donors (Lipinski definition) is 0. The molecule has 7 heteroatoms. The third-order valence-electron chi connectivity index (χ3n) is 5.13. The third-order valence-corrected chi connectivity index (χ3v) is 5.36. The molecule has 0 saturated heterocycles. The monoisotopic (exact) mass is 366 g/mol. The Kier molecular flexibility index (Phi) is 4.56. The fourth-order valence-corrected chi connectivity index (χ4v) is 3.83. The van der Waals surface area contributed by atoms with Crippen LogP contribution in [0.4, 0.5) is 0 Å². The minimum Gasteiger partial charge on any atom is -0.327 e. The highest BCUT2D eigenvalue weighted by atomic mass is 35.5. The first kappa shape index (κ1) is 16.9. The van der Waals surface area contributed by atoms with Gasteiger partial charge in [-0.25, -0.2) is 9.97 Å². The smallest absolute Gasteiger partial charge is 0.235 e. The molecular weight excluding hydrogens is 348 g/mol. The Balaban J connectivity index is 1.79. The van der Waals surface area contributed by atoms with Gasteiger partial charge in [0.15, 0.2) is 5.65 Å². The predicted molar refractivity (Wildman–Crippen MR) is 99.4 cm³/mol. The van der Waals surface area contributed by atoms with Crippen LogP contribution in [-0.2, 0) is 6.54 Å². The summed E-state index contributed by atoms with van der Waals surface area (Å²) in [6.45, 7) is 3.20. The number of aromatic nitrogens is 5. The van der Waals surface area contributed by atoms with Gasteiger partial charge in [0.2, 0.25) is 5.82 Å². The van der Waals surface area contributed by atoms with Crippen molar-refractivity contribution in [2.45, 2.75) is 39.2 Å². The maximum absolute atomic E-state index is 9.26. The molecule has 6 nitrogen and oxygen atoms in total. The average molecular weight is 367 g/mol. The minimum atomic E-state index is 0.0889. The first-order chi connectivity index (χ1) is 12.6. The molecule has 0 unspecified atom stereocenters. The van der Waals surface area contributed by atoms with Crippen LogP contribution >= 0.6 is 11.6 Å². The summed E-state index contributed by atoms with van der Waals surface area (Å²) in [5.41, 5.74) is 2.58. The highest BCUT2D eigenvalue weighted by Gasteiger charge is 2.22. The van der Waals surface area contributed by atoms with Crippen LogP contribution in [0.15, 0.2) is 24.7 Å². The van der Waals surface area contributed by atoms with Gasteiger partial charge >= 0.3 is 0 Å². The maximum atomic E-state index is 9.26. The van der Waals surface area contributed by atoms with Crippen molar-refractivity contribution in [1.82, 2.24) is 24.5 Å². The van der Waals surface area contributed by atoms with Crippen LogP contribution in [0.1, 0.15) is 38.4 Å². The molecule has 1 fully saturated rings. The Labute approximate surface area is 156 Å². The van der Waals surface area contributed by atoms with Crippen LogP contribution in [0.3, 0.4) is 0 Å². The van der Waals surface area contributed by atoms with E-state index >= 15 is 0 Å². The van der Waals surface area contributed by atoms with Gasteiger partial charge in [-0.05, 0) is 36.8 Å². The summed E-state index contributed by atoms with van der Waals surface area (Å²) < 4.78 is 2.11. The molecule has 3 aromatic rings. The molecular formula is C19H19ClN6.